The van der Waals surface area contributed by atoms with E-state index in [1.165, 1.54) is 0 Å². The van der Waals surface area contributed by atoms with Crippen LogP contribution in [-0.4, -0.2) is 54.8 Å². The number of aromatic nitrogens is 1. The van der Waals surface area contributed by atoms with Crippen LogP contribution < -0.4 is 10.1 Å². The summed E-state index contributed by atoms with van der Waals surface area (Å²) in [6, 6.07) is 3.89. The lowest BCUT2D eigenvalue weighted by Gasteiger charge is -2.62. The van der Waals surface area contributed by atoms with Crippen molar-refractivity contribution in [3.05, 3.63) is 23.9 Å². The SMILES string of the molecule is CCNC(=NCc1ccc(OCCOC)nc1)N1CC(C)(C)C1(C)C.I. The summed E-state index contributed by atoms with van der Waals surface area (Å²) >= 11 is 0. The van der Waals surface area contributed by atoms with Crippen LogP contribution in [0.15, 0.2) is 23.3 Å². The molecule has 1 aromatic rings. The van der Waals surface area contributed by atoms with Crippen LogP contribution in [0, 0.1) is 5.41 Å². The predicted molar refractivity (Wildman–Crippen MR) is 116 cm³/mol. The quantitative estimate of drug-likeness (QED) is 0.283. The zero-order chi connectivity index (χ0) is 18.5. The Hall–Kier alpha value is -1.09. The maximum absolute atomic E-state index is 5.49. The third kappa shape index (κ3) is 5.22. The number of aliphatic imine (C=N–C) groups is 1. The Kier molecular flexibility index (Phi) is 8.59. The van der Waals surface area contributed by atoms with Crippen molar-refractivity contribution >= 4 is 29.9 Å². The first-order valence-electron chi connectivity index (χ1n) is 8.94. The van der Waals surface area contributed by atoms with E-state index in [0.717, 1.165) is 24.6 Å². The van der Waals surface area contributed by atoms with Crippen LogP contribution in [0.3, 0.4) is 0 Å². The van der Waals surface area contributed by atoms with Crippen molar-refractivity contribution in [2.45, 2.75) is 46.7 Å². The molecule has 6 nitrogen and oxygen atoms in total. The largest absolute Gasteiger partial charge is 0.475 e. The standard InChI is InChI=1S/C19H32N4O2.HI/c1-7-20-17(23-14-18(2,3)19(23,4)5)22-13-15-8-9-16(21-12-15)25-11-10-24-6;/h8-9,12H,7,10-11,13-14H2,1-6H3,(H,20,22);1H. The van der Waals surface area contributed by atoms with E-state index < -0.39 is 0 Å². The van der Waals surface area contributed by atoms with Gasteiger partial charge in [-0.1, -0.05) is 19.9 Å². The molecule has 1 fully saturated rings. The van der Waals surface area contributed by atoms with Crippen LogP contribution in [0.1, 0.15) is 40.2 Å². The molecular formula is C19H33IN4O2. The molecule has 26 heavy (non-hydrogen) atoms. The van der Waals surface area contributed by atoms with E-state index in [0.29, 0.717) is 25.6 Å². The molecule has 1 saturated heterocycles. The summed E-state index contributed by atoms with van der Waals surface area (Å²) in [5.41, 5.74) is 1.43. The molecule has 0 amide bonds. The molecule has 0 unspecified atom stereocenters. The third-order valence-corrected chi connectivity index (χ3v) is 5.22. The van der Waals surface area contributed by atoms with Gasteiger partial charge in [0.05, 0.1) is 13.2 Å². The second kappa shape index (κ2) is 9.73. The Morgan fingerprint density at radius 1 is 1.27 bits per heavy atom. The van der Waals surface area contributed by atoms with Gasteiger partial charge >= 0.3 is 0 Å². The highest BCUT2D eigenvalue weighted by molar-refractivity contribution is 14.0. The molecule has 0 saturated carbocycles. The minimum Gasteiger partial charge on any atom is -0.475 e. The number of hydrogen-bond donors (Lipinski definition) is 1. The van der Waals surface area contributed by atoms with Crippen LogP contribution in [0.4, 0.5) is 0 Å². The van der Waals surface area contributed by atoms with Gasteiger partial charge in [-0.05, 0) is 26.3 Å². The molecular weight excluding hydrogens is 443 g/mol. The summed E-state index contributed by atoms with van der Waals surface area (Å²) in [4.78, 5) is 11.5. The molecule has 1 N–H and O–H groups in total. The van der Waals surface area contributed by atoms with E-state index in [4.69, 9.17) is 14.5 Å². The number of halogens is 1. The van der Waals surface area contributed by atoms with Gasteiger partial charge in [-0.3, -0.25) is 0 Å². The lowest BCUT2D eigenvalue weighted by Crippen LogP contribution is -2.72. The first-order valence-corrected chi connectivity index (χ1v) is 8.94. The van der Waals surface area contributed by atoms with Crippen molar-refractivity contribution in [1.82, 2.24) is 15.2 Å². The van der Waals surface area contributed by atoms with Crippen molar-refractivity contribution in [3.63, 3.8) is 0 Å². The van der Waals surface area contributed by atoms with Gasteiger partial charge in [-0.25, -0.2) is 9.98 Å². The Bertz CT molecular complexity index is 588. The van der Waals surface area contributed by atoms with Crippen LogP contribution in [0.5, 0.6) is 5.88 Å². The fourth-order valence-electron chi connectivity index (χ4n) is 2.78. The number of guanidine groups is 1. The van der Waals surface area contributed by atoms with Gasteiger partial charge in [0.15, 0.2) is 5.96 Å². The Morgan fingerprint density at radius 2 is 2.00 bits per heavy atom. The minimum absolute atomic E-state index is 0. The molecule has 1 aromatic heterocycles. The molecule has 148 valence electrons. The van der Waals surface area contributed by atoms with Crippen molar-refractivity contribution in [3.8, 4) is 5.88 Å². The van der Waals surface area contributed by atoms with Crippen LogP contribution in [0.25, 0.3) is 0 Å². The molecule has 7 heteroatoms. The summed E-state index contributed by atoms with van der Waals surface area (Å²) in [6.45, 7) is 14.8. The number of nitrogens with one attached hydrogen (secondary N) is 1. The van der Waals surface area contributed by atoms with Gasteiger partial charge in [0.1, 0.15) is 6.61 Å². The zero-order valence-electron chi connectivity index (χ0n) is 16.8. The number of hydrogen-bond acceptors (Lipinski definition) is 4. The first-order chi connectivity index (χ1) is 11.8. The molecule has 0 radical (unpaired) electrons. The van der Waals surface area contributed by atoms with Gasteiger partial charge < -0.3 is 19.7 Å². The highest BCUT2D eigenvalue weighted by Crippen LogP contribution is 2.46. The number of likely N-dealkylation sites (tertiary alicyclic amines) is 1. The van der Waals surface area contributed by atoms with Gasteiger partial charge in [0.25, 0.3) is 0 Å². The average Bonchev–Trinajstić information content (AvgIpc) is 2.58. The maximum atomic E-state index is 5.49. The normalized spacial score (nSPS) is 17.9. The van der Waals surface area contributed by atoms with Crippen LogP contribution in [-0.2, 0) is 11.3 Å². The molecule has 2 rings (SSSR count). The van der Waals surface area contributed by atoms with Gasteiger partial charge in [0, 0.05) is 43.4 Å². The van der Waals surface area contributed by atoms with Gasteiger partial charge in [0.2, 0.25) is 5.88 Å². The number of rotatable bonds is 7. The zero-order valence-corrected chi connectivity index (χ0v) is 19.2. The molecule has 0 aromatic carbocycles. The van der Waals surface area contributed by atoms with Crippen LogP contribution in [0.2, 0.25) is 0 Å². The lowest BCUT2D eigenvalue weighted by molar-refractivity contribution is -0.0667. The molecule has 0 spiro atoms. The molecule has 2 heterocycles. The van der Waals surface area contributed by atoms with Crippen LogP contribution >= 0.6 is 24.0 Å². The molecule has 0 bridgehead atoms. The van der Waals surface area contributed by atoms with Gasteiger partial charge in [-0.2, -0.15) is 0 Å². The van der Waals surface area contributed by atoms with Crippen molar-refractivity contribution in [1.29, 1.82) is 0 Å². The summed E-state index contributed by atoms with van der Waals surface area (Å²) in [7, 11) is 1.65. The van der Waals surface area contributed by atoms with E-state index >= 15 is 0 Å². The van der Waals surface area contributed by atoms with Crippen molar-refractivity contribution in [2.24, 2.45) is 10.4 Å². The summed E-state index contributed by atoms with van der Waals surface area (Å²) in [6.07, 6.45) is 1.82. The monoisotopic (exact) mass is 476 g/mol. The number of methoxy groups -OCH3 is 1. The number of nitrogens with zero attached hydrogens (tertiary/aromatic N) is 3. The second-order valence-electron chi connectivity index (χ2n) is 7.55. The summed E-state index contributed by atoms with van der Waals surface area (Å²) in [5, 5.41) is 3.41. The fourth-order valence-corrected chi connectivity index (χ4v) is 2.78. The van der Waals surface area contributed by atoms with Crippen molar-refractivity contribution < 1.29 is 9.47 Å². The second-order valence-corrected chi connectivity index (χ2v) is 7.55. The lowest BCUT2D eigenvalue weighted by atomic mass is 9.65. The molecule has 0 atom stereocenters. The molecule has 1 aliphatic heterocycles. The number of pyridine rings is 1. The van der Waals surface area contributed by atoms with E-state index in [1.54, 1.807) is 7.11 Å². The Balaban J connectivity index is 0.00000338. The van der Waals surface area contributed by atoms with E-state index in [2.05, 4.69) is 49.8 Å². The molecule has 1 aliphatic rings. The topological polar surface area (TPSA) is 59.0 Å². The maximum Gasteiger partial charge on any atom is 0.213 e. The Labute approximate surface area is 174 Å². The van der Waals surface area contributed by atoms with Crippen molar-refractivity contribution in [2.75, 3.05) is 33.4 Å². The Morgan fingerprint density at radius 3 is 2.50 bits per heavy atom. The smallest absolute Gasteiger partial charge is 0.213 e. The predicted octanol–water partition coefficient (Wildman–Crippen LogP) is 3.31. The highest BCUT2D eigenvalue weighted by Gasteiger charge is 2.53. The summed E-state index contributed by atoms with van der Waals surface area (Å²) in [5.74, 6) is 1.58. The first kappa shape index (κ1) is 23.0. The van der Waals surface area contributed by atoms with E-state index in [-0.39, 0.29) is 34.9 Å². The third-order valence-electron chi connectivity index (χ3n) is 5.22. The van der Waals surface area contributed by atoms with Gasteiger partial charge in [-0.15, -0.1) is 24.0 Å². The fraction of sp³-hybridized carbons (Fsp3) is 0.684. The minimum atomic E-state index is 0. The highest BCUT2D eigenvalue weighted by atomic mass is 127. The summed E-state index contributed by atoms with van der Waals surface area (Å²) < 4.78 is 10.5. The number of ether oxygens (including phenoxy) is 2. The average molecular weight is 476 g/mol. The molecule has 0 aliphatic carbocycles. The van der Waals surface area contributed by atoms with E-state index in [1.807, 2.05) is 18.3 Å². The van der Waals surface area contributed by atoms with E-state index in [9.17, 15) is 0 Å².